The highest BCUT2D eigenvalue weighted by Crippen LogP contribution is 2.23. The Morgan fingerprint density at radius 3 is 2.44 bits per heavy atom. The molecule has 0 heterocycles. The average molecular weight is 208 g/mol. The van der Waals surface area contributed by atoms with E-state index in [9.17, 15) is 0 Å². The van der Waals surface area contributed by atoms with Crippen molar-refractivity contribution >= 4 is 22.9 Å². The molecule has 0 saturated heterocycles. The second kappa shape index (κ2) is 4.36. The van der Waals surface area contributed by atoms with Crippen molar-refractivity contribution in [3.63, 3.8) is 0 Å². The van der Waals surface area contributed by atoms with Gasteiger partial charge in [0.1, 0.15) is 0 Å². The first-order valence-electron chi connectivity index (χ1n) is 5.54. The highest BCUT2D eigenvalue weighted by atomic mass is 14.0. The molecule has 0 unspecified atom stereocenters. The molecule has 0 heteroatoms. The molecule has 0 N–H and O–H groups in total. The van der Waals surface area contributed by atoms with Crippen molar-refractivity contribution in [3.8, 4) is 0 Å². The molecule has 0 radical (unpaired) electrons. The summed E-state index contributed by atoms with van der Waals surface area (Å²) < 4.78 is 0. The van der Waals surface area contributed by atoms with E-state index in [4.69, 9.17) is 0 Å². The summed E-state index contributed by atoms with van der Waals surface area (Å²) in [5, 5.41) is 2.56. The van der Waals surface area contributed by atoms with Gasteiger partial charge in [0.25, 0.3) is 0 Å². The van der Waals surface area contributed by atoms with Crippen LogP contribution >= 0.6 is 0 Å². The molecule has 0 aromatic heterocycles. The molecule has 0 spiro atoms. The Bertz CT molecular complexity index is 560. The van der Waals surface area contributed by atoms with Crippen LogP contribution in [0.5, 0.6) is 0 Å². The van der Waals surface area contributed by atoms with Gasteiger partial charge in [-0.05, 0) is 47.9 Å². The van der Waals surface area contributed by atoms with E-state index in [0.717, 1.165) is 0 Å². The lowest BCUT2D eigenvalue weighted by Crippen LogP contribution is -1.83. The van der Waals surface area contributed by atoms with Crippen LogP contribution in [0.2, 0.25) is 0 Å². The van der Waals surface area contributed by atoms with Gasteiger partial charge in [-0.25, -0.2) is 0 Å². The topological polar surface area (TPSA) is 0 Å². The predicted octanol–water partition coefficient (Wildman–Crippen LogP) is 4.82. The van der Waals surface area contributed by atoms with E-state index in [1.165, 1.54) is 27.5 Å². The minimum atomic E-state index is 1.19. The summed E-state index contributed by atoms with van der Waals surface area (Å²) in [6.45, 7) is 8.02. The van der Waals surface area contributed by atoms with Crippen molar-refractivity contribution in [2.45, 2.75) is 13.8 Å². The van der Waals surface area contributed by atoms with Crippen molar-refractivity contribution in [1.82, 2.24) is 0 Å². The predicted molar refractivity (Wildman–Crippen MR) is 73.5 cm³/mol. The maximum Gasteiger partial charge on any atom is -0.0175 e. The third-order valence-corrected chi connectivity index (χ3v) is 2.76. The van der Waals surface area contributed by atoms with Crippen LogP contribution < -0.4 is 0 Å². The zero-order valence-corrected chi connectivity index (χ0v) is 9.83. The number of hydrogen-bond donors (Lipinski definition) is 0. The largest absolute Gasteiger partial charge is 0.0984 e. The summed E-state index contributed by atoms with van der Waals surface area (Å²) in [6, 6.07) is 10.9. The summed E-state index contributed by atoms with van der Waals surface area (Å²) >= 11 is 0. The SMILES string of the molecule is C=Cc1cc2ccc(C)cc2cc1/C=C\C. The van der Waals surface area contributed by atoms with Crippen LogP contribution in [-0.2, 0) is 0 Å². The lowest BCUT2D eigenvalue weighted by Gasteiger charge is -2.05. The smallest absolute Gasteiger partial charge is 0.0175 e. The van der Waals surface area contributed by atoms with Crippen LogP contribution in [0.4, 0.5) is 0 Å². The number of allylic oxidation sites excluding steroid dienone is 1. The van der Waals surface area contributed by atoms with Gasteiger partial charge in [-0.1, -0.05) is 48.6 Å². The number of hydrogen-bond acceptors (Lipinski definition) is 0. The highest BCUT2D eigenvalue weighted by molar-refractivity contribution is 5.88. The van der Waals surface area contributed by atoms with Crippen LogP contribution in [0.1, 0.15) is 23.6 Å². The summed E-state index contributed by atoms with van der Waals surface area (Å²) in [7, 11) is 0. The number of aryl methyl sites for hydroxylation is 1. The molecule has 0 fully saturated rings. The summed E-state index contributed by atoms with van der Waals surface area (Å²) in [6.07, 6.45) is 6.09. The first kappa shape index (κ1) is 10.7. The molecule has 0 aliphatic carbocycles. The third kappa shape index (κ3) is 1.92. The van der Waals surface area contributed by atoms with E-state index in [-0.39, 0.29) is 0 Å². The molecular weight excluding hydrogens is 192 g/mol. The molecule has 0 nitrogen and oxygen atoms in total. The zero-order valence-electron chi connectivity index (χ0n) is 9.83. The van der Waals surface area contributed by atoms with Crippen molar-refractivity contribution in [3.05, 3.63) is 59.7 Å². The van der Waals surface area contributed by atoms with Crippen molar-refractivity contribution < 1.29 is 0 Å². The lowest BCUT2D eigenvalue weighted by atomic mass is 9.99. The van der Waals surface area contributed by atoms with Crippen molar-refractivity contribution in [1.29, 1.82) is 0 Å². The summed E-state index contributed by atoms with van der Waals surface area (Å²) in [4.78, 5) is 0. The molecule has 80 valence electrons. The van der Waals surface area contributed by atoms with Crippen LogP contribution in [0, 0.1) is 6.92 Å². The van der Waals surface area contributed by atoms with Gasteiger partial charge in [-0.15, -0.1) is 0 Å². The minimum absolute atomic E-state index is 1.19. The summed E-state index contributed by atoms with van der Waals surface area (Å²) in [5.74, 6) is 0. The minimum Gasteiger partial charge on any atom is -0.0984 e. The van der Waals surface area contributed by atoms with E-state index < -0.39 is 0 Å². The third-order valence-electron chi connectivity index (χ3n) is 2.76. The monoisotopic (exact) mass is 208 g/mol. The maximum absolute atomic E-state index is 3.86. The zero-order chi connectivity index (χ0) is 11.5. The Hall–Kier alpha value is -1.82. The van der Waals surface area contributed by atoms with Gasteiger partial charge >= 0.3 is 0 Å². The molecule has 2 aromatic carbocycles. The molecule has 0 bridgehead atoms. The molecule has 0 amide bonds. The fraction of sp³-hybridized carbons (Fsp3) is 0.125. The van der Waals surface area contributed by atoms with Gasteiger partial charge in [0, 0.05) is 0 Å². The van der Waals surface area contributed by atoms with Crippen LogP contribution in [0.25, 0.3) is 22.9 Å². The average Bonchev–Trinajstić information content (AvgIpc) is 2.28. The van der Waals surface area contributed by atoms with E-state index in [1.54, 1.807) is 0 Å². The van der Waals surface area contributed by atoms with Crippen LogP contribution in [0.15, 0.2) is 43.0 Å². The molecule has 16 heavy (non-hydrogen) atoms. The Morgan fingerprint density at radius 2 is 1.75 bits per heavy atom. The van der Waals surface area contributed by atoms with Gasteiger partial charge in [0.05, 0.1) is 0 Å². The molecule has 2 rings (SSSR count). The molecule has 0 aliphatic rings. The van der Waals surface area contributed by atoms with E-state index >= 15 is 0 Å². The maximum atomic E-state index is 3.86. The van der Waals surface area contributed by atoms with E-state index in [0.29, 0.717) is 0 Å². The number of fused-ring (bicyclic) bond motifs is 1. The van der Waals surface area contributed by atoms with Gasteiger partial charge in [-0.2, -0.15) is 0 Å². The first-order chi connectivity index (χ1) is 7.74. The van der Waals surface area contributed by atoms with Crippen molar-refractivity contribution in [2.75, 3.05) is 0 Å². The van der Waals surface area contributed by atoms with Gasteiger partial charge in [0.15, 0.2) is 0 Å². The highest BCUT2D eigenvalue weighted by Gasteiger charge is 2.00. The fourth-order valence-corrected chi connectivity index (χ4v) is 1.95. The number of rotatable bonds is 2. The Morgan fingerprint density at radius 1 is 1.00 bits per heavy atom. The van der Waals surface area contributed by atoms with Crippen molar-refractivity contribution in [2.24, 2.45) is 0 Å². The molecule has 0 aliphatic heterocycles. The quantitative estimate of drug-likeness (QED) is 0.663. The molecule has 0 atom stereocenters. The van der Waals surface area contributed by atoms with Crippen LogP contribution in [-0.4, -0.2) is 0 Å². The van der Waals surface area contributed by atoms with Crippen LogP contribution in [0.3, 0.4) is 0 Å². The molecule has 2 aromatic rings. The molecular formula is C16H16. The van der Waals surface area contributed by atoms with Gasteiger partial charge in [0.2, 0.25) is 0 Å². The standard InChI is InChI=1S/C16H16/c1-4-6-14-11-16-9-12(3)7-8-15(16)10-13(14)5-2/h4-11H,2H2,1,3H3/b6-4-. The first-order valence-corrected chi connectivity index (χ1v) is 5.54. The Kier molecular flexibility index (Phi) is 2.91. The fourth-order valence-electron chi connectivity index (χ4n) is 1.95. The van der Waals surface area contributed by atoms with Gasteiger partial charge < -0.3 is 0 Å². The normalized spacial score (nSPS) is 11.1. The molecule has 0 saturated carbocycles. The Balaban J connectivity index is 2.75. The summed E-state index contributed by atoms with van der Waals surface area (Å²) in [5.41, 5.74) is 3.72. The second-order valence-electron chi connectivity index (χ2n) is 4.04. The van der Waals surface area contributed by atoms with E-state index in [1.807, 2.05) is 13.0 Å². The Labute approximate surface area is 96.9 Å². The van der Waals surface area contributed by atoms with Gasteiger partial charge in [-0.3, -0.25) is 0 Å². The second-order valence-corrected chi connectivity index (χ2v) is 4.04. The van der Waals surface area contributed by atoms with E-state index in [2.05, 4.69) is 56.0 Å². The lowest BCUT2D eigenvalue weighted by molar-refractivity contribution is 1.50. The number of benzene rings is 2.